The van der Waals surface area contributed by atoms with Crippen molar-refractivity contribution in [1.29, 1.82) is 0 Å². The lowest BCUT2D eigenvalue weighted by Crippen LogP contribution is -2.21. The van der Waals surface area contributed by atoms with E-state index in [1.165, 1.54) is 11.3 Å². The Kier molecular flexibility index (Phi) is 6.17. The molecule has 152 valence electrons. The molecule has 7 heteroatoms. The van der Waals surface area contributed by atoms with Gasteiger partial charge in [-0.3, -0.25) is 10.2 Å². The molecule has 29 heavy (non-hydrogen) atoms. The molecule has 1 amide bonds. The van der Waals surface area contributed by atoms with Gasteiger partial charge in [0.1, 0.15) is 5.75 Å². The van der Waals surface area contributed by atoms with Gasteiger partial charge in [0, 0.05) is 11.4 Å². The van der Waals surface area contributed by atoms with E-state index in [1.807, 2.05) is 65.8 Å². The van der Waals surface area contributed by atoms with E-state index in [0.29, 0.717) is 0 Å². The quantitative estimate of drug-likeness (QED) is 0.424. The number of carbonyl (C=O) groups is 1. The van der Waals surface area contributed by atoms with E-state index in [4.69, 9.17) is 4.74 Å². The zero-order chi connectivity index (χ0) is 21.1. The average molecular weight is 411 g/mol. The van der Waals surface area contributed by atoms with Gasteiger partial charge in [-0.15, -0.1) is 0 Å². The number of thiazole rings is 1. The predicted octanol–water partition coefficient (Wildman–Crippen LogP) is 5.36. The van der Waals surface area contributed by atoms with Crippen LogP contribution < -0.4 is 15.5 Å². The Morgan fingerprint density at radius 2 is 1.90 bits per heavy atom. The van der Waals surface area contributed by atoms with Gasteiger partial charge < -0.3 is 10.1 Å². The van der Waals surface area contributed by atoms with E-state index in [1.54, 1.807) is 0 Å². The van der Waals surface area contributed by atoms with Crippen LogP contribution in [0.15, 0.2) is 29.4 Å². The molecular weight excluding hydrogens is 384 g/mol. The lowest BCUT2D eigenvalue weighted by atomic mass is 10.1. The minimum Gasteiger partial charge on any atom is -0.483 e. The second-order valence-electron chi connectivity index (χ2n) is 7.27. The standard InChI is InChI=1S/C22H26N4O2S/c1-12(2)25-26-22-23-17-10-14(4)20(16(6)21(17)29-22)24-19(27)11-28-18-9-7-8-13(3)15(18)5/h7-10H,11H2,1-6H3,(H,23,26)(H,24,27). The van der Waals surface area contributed by atoms with E-state index < -0.39 is 0 Å². The molecule has 2 aromatic carbocycles. The Labute approximate surface area is 175 Å². The van der Waals surface area contributed by atoms with E-state index in [9.17, 15) is 4.79 Å². The van der Waals surface area contributed by atoms with Gasteiger partial charge in [-0.05, 0) is 75.9 Å². The van der Waals surface area contributed by atoms with Crippen molar-refractivity contribution in [2.24, 2.45) is 5.10 Å². The first-order valence-electron chi connectivity index (χ1n) is 9.42. The minimum atomic E-state index is -0.189. The van der Waals surface area contributed by atoms with Gasteiger partial charge in [-0.25, -0.2) is 4.98 Å². The molecular formula is C22H26N4O2S. The van der Waals surface area contributed by atoms with Crippen LogP contribution in [0, 0.1) is 27.7 Å². The fraction of sp³-hybridized carbons (Fsp3) is 0.318. The summed E-state index contributed by atoms with van der Waals surface area (Å²) in [4.78, 5) is 17.1. The molecule has 0 aliphatic carbocycles. The molecule has 0 saturated carbocycles. The molecule has 0 saturated heterocycles. The number of ether oxygens (including phenoxy) is 1. The summed E-state index contributed by atoms with van der Waals surface area (Å²) < 4.78 is 6.75. The maximum Gasteiger partial charge on any atom is 0.262 e. The molecule has 0 atom stereocenters. The second kappa shape index (κ2) is 8.61. The van der Waals surface area contributed by atoms with Gasteiger partial charge in [0.25, 0.3) is 5.91 Å². The molecule has 6 nitrogen and oxygen atoms in total. The van der Waals surface area contributed by atoms with Gasteiger partial charge in [-0.2, -0.15) is 5.10 Å². The van der Waals surface area contributed by atoms with Crippen molar-refractivity contribution in [1.82, 2.24) is 4.98 Å². The minimum absolute atomic E-state index is 0.0405. The molecule has 2 N–H and O–H groups in total. The molecule has 0 spiro atoms. The summed E-state index contributed by atoms with van der Waals surface area (Å²) in [5.41, 5.74) is 9.73. The summed E-state index contributed by atoms with van der Waals surface area (Å²) in [7, 11) is 0. The van der Waals surface area contributed by atoms with E-state index in [-0.39, 0.29) is 12.5 Å². The largest absolute Gasteiger partial charge is 0.483 e. The number of rotatable bonds is 6. The van der Waals surface area contributed by atoms with E-state index >= 15 is 0 Å². The zero-order valence-electron chi connectivity index (χ0n) is 17.6. The summed E-state index contributed by atoms with van der Waals surface area (Å²) in [6.45, 7) is 11.8. The average Bonchev–Trinajstić information content (AvgIpc) is 3.07. The third kappa shape index (κ3) is 4.74. The first-order valence-corrected chi connectivity index (χ1v) is 10.2. The van der Waals surface area contributed by atoms with Crippen LogP contribution in [0.3, 0.4) is 0 Å². The van der Waals surface area contributed by atoms with E-state index in [0.717, 1.165) is 54.8 Å². The number of nitrogens with zero attached hydrogens (tertiary/aromatic N) is 2. The lowest BCUT2D eigenvalue weighted by Gasteiger charge is -2.14. The summed E-state index contributed by atoms with van der Waals surface area (Å²) in [5.74, 6) is 0.541. The number of anilines is 2. The van der Waals surface area contributed by atoms with Crippen LogP contribution in [0.2, 0.25) is 0 Å². The monoisotopic (exact) mass is 410 g/mol. The second-order valence-corrected chi connectivity index (χ2v) is 8.27. The SMILES string of the molecule is CC(C)=NNc1nc2cc(C)c(NC(=O)COc3cccc(C)c3C)c(C)c2s1. The number of benzene rings is 2. The van der Waals surface area contributed by atoms with Gasteiger partial charge in [0.2, 0.25) is 5.13 Å². The Balaban J connectivity index is 1.77. The smallest absolute Gasteiger partial charge is 0.262 e. The molecule has 0 aliphatic heterocycles. The fourth-order valence-corrected chi connectivity index (χ4v) is 3.88. The highest BCUT2D eigenvalue weighted by molar-refractivity contribution is 7.22. The first kappa shape index (κ1) is 20.8. The maximum absolute atomic E-state index is 12.5. The number of amides is 1. The molecule has 1 heterocycles. The van der Waals surface area contributed by atoms with Crippen molar-refractivity contribution in [3.05, 3.63) is 46.5 Å². The maximum atomic E-state index is 12.5. The van der Waals surface area contributed by atoms with Crippen LogP contribution in [0.1, 0.15) is 36.1 Å². The number of nitrogens with one attached hydrogen (secondary N) is 2. The Hall–Kier alpha value is -2.93. The van der Waals surface area contributed by atoms with Crippen molar-refractivity contribution in [2.45, 2.75) is 41.5 Å². The lowest BCUT2D eigenvalue weighted by molar-refractivity contribution is -0.118. The molecule has 0 bridgehead atoms. The van der Waals surface area contributed by atoms with Crippen LogP contribution in [-0.4, -0.2) is 23.2 Å². The van der Waals surface area contributed by atoms with Crippen molar-refractivity contribution in [3.8, 4) is 5.75 Å². The number of hydrogen-bond donors (Lipinski definition) is 2. The van der Waals surface area contributed by atoms with Crippen molar-refractivity contribution < 1.29 is 9.53 Å². The topological polar surface area (TPSA) is 75.6 Å². The van der Waals surface area contributed by atoms with Gasteiger partial charge in [0.05, 0.1) is 10.2 Å². The summed E-state index contributed by atoms with van der Waals surface area (Å²) in [5, 5.41) is 7.94. The van der Waals surface area contributed by atoms with Crippen LogP contribution in [0.5, 0.6) is 5.75 Å². The van der Waals surface area contributed by atoms with Crippen molar-refractivity contribution in [2.75, 3.05) is 17.3 Å². The highest BCUT2D eigenvalue weighted by atomic mass is 32.1. The number of aromatic nitrogens is 1. The van der Waals surface area contributed by atoms with Crippen LogP contribution >= 0.6 is 11.3 Å². The third-order valence-corrected chi connectivity index (χ3v) is 5.77. The predicted molar refractivity (Wildman–Crippen MR) is 122 cm³/mol. The molecule has 0 aliphatic rings. The molecule has 3 rings (SSSR count). The molecule has 0 radical (unpaired) electrons. The Bertz CT molecular complexity index is 1100. The van der Waals surface area contributed by atoms with Gasteiger partial charge >= 0.3 is 0 Å². The number of hydrogen-bond acceptors (Lipinski definition) is 6. The summed E-state index contributed by atoms with van der Waals surface area (Å²) >= 11 is 1.52. The molecule has 0 fully saturated rings. The fourth-order valence-electron chi connectivity index (χ4n) is 2.98. The molecule has 1 aromatic heterocycles. The van der Waals surface area contributed by atoms with E-state index in [2.05, 4.69) is 20.8 Å². The Morgan fingerprint density at radius 3 is 2.62 bits per heavy atom. The number of carbonyl (C=O) groups excluding carboxylic acids is 1. The van der Waals surface area contributed by atoms with Crippen LogP contribution in [0.4, 0.5) is 10.8 Å². The van der Waals surface area contributed by atoms with Gasteiger partial charge in [-0.1, -0.05) is 23.5 Å². The van der Waals surface area contributed by atoms with Crippen LogP contribution in [0.25, 0.3) is 10.2 Å². The number of fused-ring (bicyclic) bond motifs is 1. The molecule has 0 unspecified atom stereocenters. The van der Waals surface area contributed by atoms with Crippen LogP contribution in [-0.2, 0) is 4.79 Å². The Morgan fingerprint density at radius 1 is 1.14 bits per heavy atom. The first-order chi connectivity index (χ1) is 13.8. The summed E-state index contributed by atoms with van der Waals surface area (Å²) in [6.07, 6.45) is 0. The number of aryl methyl sites for hydroxylation is 3. The van der Waals surface area contributed by atoms with Crippen molar-refractivity contribution >= 4 is 44.0 Å². The van der Waals surface area contributed by atoms with Gasteiger partial charge in [0.15, 0.2) is 6.61 Å². The van der Waals surface area contributed by atoms with Crippen molar-refractivity contribution in [3.63, 3.8) is 0 Å². The highest BCUT2D eigenvalue weighted by Gasteiger charge is 2.15. The zero-order valence-corrected chi connectivity index (χ0v) is 18.5. The highest BCUT2D eigenvalue weighted by Crippen LogP contribution is 2.35. The third-order valence-electron chi connectivity index (χ3n) is 4.67. The number of hydrazone groups is 1. The summed E-state index contributed by atoms with van der Waals surface area (Å²) in [6, 6.07) is 7.81. The normalized spacial score (nSPS) is 10.7. The molecule has 3 aromatic rings.